The first-order valence-electron chi connectivity index (χ1n) is 5.13. The number of nitrogens with zero attached hydrogens (tertiary/aromatic N) is 1. The quantitative estimate of drug-likeness (QED) is 0.818. The largest absolute Gasteiger partial charge is 0.370 e. The summed E-state index contributed by atoms with van der Waals surface area (Å²) < 4.78 is 1.03. The average molecular weight is 336 g/mol. The van der Waals surface area contributed by atoms with E-state index in [1.807, 2.05) is 6.20 Å². The van der Waals surface area contributed by atoms with E-state index in [4.69, 9.17) is 0 Å². The summed E-state index contributed by atoms with van der Waals surface area (Å²) in [5, 5.41) is 3.34. The van der Waals surface area contributed by atoms with E-state index >= 15 is 0 Å². The van der Waals surface area contributed by atoms with Crippen LogP contribution in [-0.2, 0) is 0 Å². The van der Waals surface area contributed by atoms with Crippen LogP contribution < -0.4 is 5.32 Å². The minimum Gasteiger partial charge on any atom is -0.370 e. The molecule has 1 rings (SSSR count). The number of aromatic nitrogens is 1. The van der Waals surface area contributed by atoms with Gasteiger partial charge in [-0.25, -0.2) is 4.98 Å². The Labute approximate surface area is 108 Å². The summed E-state index contributed by atoms with van der Waals surface area (Å²) in [6.45, 7) is 5.20. The normalized spacial score (nSPS) is 12.5. The second-order valence-electron chi connectivity index (χ2n) is 3.54. The molecule has 0 aliphatic carbocycles. The highest BCUT2D eigenvalue weighted by molar-refractivity contribution is 9.10. The smallest absolute Gasteiger partial charge is 0.128 e. The molecular formula is C11H16Br2N2. The molecule has 1 atom stereocenters. The molecule has 0 bridgehead atoms. The molecule has 1 heterocycles. The molecule has 0 radical (unpaired) electrons. The summed E-state index contributed by atoms with van der Waals surface area (Å²) in [6.07, 6.45) is 4.10. The maximum atomic E-state index is 4.33. The summed E-state index contributed by atoms with van der Waals surface area (Å²) in [4.78, 5) is 4.93. The van der Waals surface area contributed by atoms with E-state index in [0.29, 0.717) is 4.83 Å². The lowest BCUT2D eigenvalue weighted by Gasteiger charge is -2.10. The number of alkyl halides is 1. The number of pyridine rings is 1. The van der Waals surface area contributed by atoms with Crippen LogP contribution in [0.25, 0.3) is 0 Å². The summed E-state index contributed by atoms with van der Waals surface area (Å²) >= 11 is 7.01. The molecule has 84 valence electrons. The summed E-state index contributed by atoms with van der Waals surface area (Å²) in [5.41, 5.74) is 1.17. The first-order valence-corrected chi connectivity index (χ1v) is 6.84. The van der Waals surface area contributed by atoms with Crippen LogP contribution in [0.1, 0.15) is 25.3 Å². The van der Waals surface area contributed by atoms with Crippen molar-refractivity contribution < 1.29 is 0 Å². The van der Waals surface area contributed by atoms with Crippen molar-refractivity contribution >= 4 is 37.7 Å². The zero-order valence-electron chi connectivity index (χ0n) is 9.06. The Bertz CT molecular complexity index is 315. The molecule has 1 aromatic heterocycles. The van der Waals surface area contributed by atoms with E-state index in [0.717, 1.165) is 29.7 Å². The second-order valence-corrected chi connectivity index (χ2v) is 5.75. The summed E-state index contributed by atoms with van der Waals surface area (Å²) in [6, 6.07) is 2.07. The fraction of sp³-hybridized carbons (Fsp3) is 0.545. The Morgan fingerprint density at radius 2 is 2.27 bits per heavy atom. The zero-order chi connectivity index (χ0) is 11.3. The van der Waals surface area contributed by atoms with Gasteiger partial charge in [-0.3, -0.25) is 0 Å². The highest BCUT2D eigenvalue weighted by atomic mass is 79.9. The molecule has 1 N–H and O–H groups in total. The lowest BCUT2D eigenvalue weighted by atomic mass is 10.2. The van der Waals surface area contributed by atoms with Crippen molar-refractivity contribution in [2.24, 2.45) is 0 Å². The zero-order valence-corrected chi connectivity index (χ0v) is 12.2. The number of nitrogens with one attached hydrogen (secondary N) is 1. The van der Waals surface area contributed by atoms with Crippen LogP contribution in [0.2, 0.25) is 0 Å². The van der Waals surface area contributed by atoms with Crippen LogP contribution in [0.4, 0.5) is 5.82 Å². The summed E-state index contributed by atoms with van der Waals surface area (Å²) in [7, 11) is 0. The van der Waals surface area contributed by atoms with E-state index in [9.17, 15) is 0 Å². The summed E-state index contributed by atoms with van der Waals surface area (Å²) in [5.74, 6) is 0.981. The highest BCUT2D eigenvalue weighted by Crippen LogP contribution is 2.17. The number of hydrogen-bond donors (Lipinski definition) is 1. The van der Waals surface area contributed by atoms with Crippen LogP contribution in [0.15, 0.2) is 16.7 Å². The molecular weight excluding hydrogens is 320 g/mol. The van der Waals surface area contributed by atoms with Crippen molar-refractivity contribution in [3.05, 3.63) is 22.3 Å². The van der Waals surface area contributed by atoms with Crippen LogP contribution in [0.5, 0.6) is 0 Å². The minimum absolute atomic E-state index is 0.598. The van der Waals surface area contributed by atoms with E-state index < -0.39 is 0 Å². The molecule has 0 saturated carbocycles. The van der Waals surface area contributed by atoms with Crippen molar-refractivity contribution in [2.45, 2.75) is 31.5 Å². The number of anilines is 1. The van der Waals surface area contributed by atoms with E-state index in [-0.39, 0.29) is 0 Å². The van der Waals surface area contributed by atoms with Gasteiger partial charge in [-0.05, 0) is 47.3 Å². The standard InChI is InChI=1S/C11H16Br2N2/c1-3-9(12)4-5-14-11-8(2)6-10(13)7-15-11/h6-7,9H,3-5H2,1-2H3,(H,14,15). The Morgan fingerprint density at radius 1 is 1.53 bits per heavy atom. The van der Waals surface area contributed by atoms with Gasteiger partial charge < -0.3 is 5.32 Å². The predicted octanol–water partition coefficient (Wildman–Crippen LogP) is 4.13. The Morgan fingerprint density at radius 3 is 2.87 bits per heavy atom. The van der Waals surface area contributed by atoms with Gasteiger partial charge in [-0.1, -0.05) is 22.9 Å². The molecule has 4 heteroatoms. The van der Waals surface area contributed by atoms with Crippen molar-refractivity contribution in [1.82, 2.24) is 4.98 Å². The highest BCUT2D eigenvalue weighted by Gasteiger charge is 2.02. The average Bonchev–Trinajstić information content (AvgIpc) is 2.21. The van der Waals surface area contributed by atoms with Crippen LogP contribution in [0.3, 0.4) is 0 Å². The molecule has 0 saturated heterocycles. The topological polar surface area (TPSA) is 24.9 Å². The monoisotopic (exact) mass is 334 g/mol. The number of hydrogen-bond acceptors (Lipinski definition) is 2. The number of rotatable bonds is 5. The molecule has 0 fully saturated rings. The van der Waals surface area contributed by atoms with Gasteiger partial charge in [-0.2, -0.15) is 0 Å². The van der Waals surface area contributed by atoms with Crippen LogP contribution in [0, 0.1) is 6.92 Å². The molecule has 0 amide bonds. The molecule has 2 nitrogen and oxygen atoms in total. The molecule has 0 aromatic carbocycles. The molecule has 1 aromatic rings. The predicted molar refractivity (Wildman–Crippen MR) is 72.8 cm³/mol. The molecule has 0 aliphatic rings. The van der Waals surface area contributed by atoms with Crippen LogP contribution in [-0.4, -0.2) is 16.4 Å². The van der Waals surface area contributed by atoms with Gasteiger partial charge in [0.2, 0.25) is 0 Å². The van der Waals surface area contributed by atoms with Gasteiger partial charge in [-0.15, -0.1) is 0 Å². The maximum absolute atomic E-state index is 4.33. The Balaban J connectivity index is 2.44. The molecule has 1 unspecified atom stereocenters. The lowest BCUT2D eigenvalue weighted by Crippen LogP contribution is -2.09. The molecule has 0 aliphatic heterocycles. The number of aryl methyl sites for hydroxylation is 1. The first-order chi connectivity index (χ1) is 7.13. The number of halogens is 2. The Kier molecular flexibility index (Phi) is 5.61. The van der Waals surface area contributed by atoms with Gasteiger partial charge in [0, 0.05) is 22.0 Å². The minimum atomic E-state index is 0.598. The third-order valence-electron chi connectivity index (χ3n) is 2.24. The van der Waals surface area contributed by atoms with Gasteiger partial charge in [0.15, 0.2) is 0 Å². The van der Waals surface area contributed by atoms with E-state index in [1.54, 1.807) is 0 Å². The fourth-order valence-electron chi connectivity index (χ4n) is 1.28. The molecule has 0 spiro atoms. The van der Waals surface area contributed by atoms with Gasteiger partial charge >= 0.3 is 0 Å². The van der Waals surface area contributed by atoms with Gasteiger partial charge in [0.1, 0.15) is 5.82 Å². The van der Waals surface area contributed by atoms with Gasteiger partial charge in [0.05, 0.1) is 0 Å². The van der Waals surface area contributed by atoms with Crippen molar-refractivity contribution in [3.8, 4) is 0 Å². The van der Waals surface area contributed by atoms with Crippen LogP contribution >= 0.6 is 31.9 Å². The van der Waals surface area contributed by atoms with E-state index in [2.05, 4.69) is 62.1 Å². The fourth-order valence-corrected chi connectivity index (χ4v) is 1.95. The Hall–Kier alpha value is -0.0900. The van der Waals surface area contributed by atoms with E-state index in [1.165, 1.54) is 5.56 Å². The molecule has 15 heavy (non-hydrogen) atoms. The van der Waals surface area contributed by atoms with Crippen molar-refractivity contribution in [1.29, 1.82) is 0 Å². The third kappa shape index (κ3) is 4.51. The van der Waals surface area contributed by atoms with Crippen molar-refractivity contribution in [2.75, 3.05) is 11.9 Å². The maximum Gasteiger partial charge on any atom is 0.128 e. The lowest BCUT2D eigenvalue weighted by molar-refractivity contribution is 0.772. The van der Waals surface area contributed by atoms with Gasteiger partial charge in [0.25, 0.3) is 0 Å². The first kappa shape index (κ1) is 13.0. The SMILES string of the molecule is CCC(Br)CCNc1ncc(Br)cc1C. The third-order valence-corrected chi connectivity index (χ3v) is 3.78. The second kappa shape index (κ2) is 6.48. The van der Waals surface area contributed by atoms with Crippen molar-refractivity contribution in [3.63, 3.8) is 0 Å².